The molecule has 0 fully saturated rings. The predicted octanol–water partition coefficient (Wildman–Crippen LogP) is 5.77. The number of carbonyl (C=O) groups is 1. The molecule has 2 heterocycles. The van der Waals surface area contributed by atoms with Crippen LogP contribution in [0, 0.1) is 0 Å². The van der Waals surface area contributed by atoms with Gasteiger partial charge in [0.25, 0.3) is 0 Å². The average Bonchev–Trinajstić information content (AvgIpc) is 3.02. The first-order valence-corrected chi connectivity index (χ1v) is 14.4. The minimum atomic E-state index is -5.08. The van der Waals surface area contributed by atoms with E-state index in [2.05, 4.69) is 25.0 Å². The van der Waals surface area contributed by atoms with Crippen LogP contribution in [0.25, 0.3) is 11.3 Å². The standard InChI is InChI=1S/C28H24N6O3S.C2HF3O2/c29-28-33-26(20-7-3-1-4-8-20)18-27(34-28)32-21-11-13-23(14-12-21)37-24-15-16-30-22(17-24)19-31-38(35,36)25-9-5-2-6-10-25;3-2(4,5)1(6)7/h1-18,31H,19H2,(H3,29,32,33,34);(H,6,7). The summed E-state index contributed by atoms with van der Waals surface area (Å²) in [6.07, 6.45) is -3.51. The number of nitrogens with two attached hydrogens (primary N) is 1. The number of benzene rings is 3. The number of pyridine rings is 1. The van der Waals surface area contributed by atoms with Gasteiger partial charge in [-0.05, 0) is 42.5 Å². The Hall–Kier alpha value is -5.54. The van der Waals surface area contributed by atoms with Crippen molar-refractivity contribution in [1.82, 2.24) is 19.7 Å². The summed E-state index contributed by atoms with van der Waals surface area (Å²) < 4.78 is 65.2. The third-order valence-corrected chi connectivity index (χ3v) is 7.12. The highest BCUT2D eigenvalue weighted by molar-refractivity contribution is 7.89. The summed E-state index contributed by atoms with van der Waals surface area (Å²) in [5.74, 6) is -0.877. The quantitative estimate of drug-likeness (QED) is 0.156. The molecule has 0 saturated heterocycles. The van der Waals surface area contributed by atoms with Gasteiger partial charge in [-0.15, -0.1) is 0 Å². The van der Waals surface area contributed by atoms with Gasteiger partial charge in [-0.25, -0.2) is 22.9 Å². The minimum absolute atomic E-state index is 0.0321. The molecule has 0 amide bonds. The van der Waals surface area contributed by atoms with Crippen LogP contribution in [0.4, 0.5) is 30.6 Å². The zero-order chi connectivity index (χ0) is 32.5. The molecule has 5 rings (SSSR count). The van der Waals surface area contributed by atoms with E-state index in [9.17, 15) is 21.6 Å². The number of rotatable bonds is 9. The van der Waals surface area contributed by atoms with Gasteiger partial charge in [-0.2, -0.15) is 18.2 Å². The van der Waals surface area contributed by atoms with Crippen molar-refractivity contribution in [3.63, 3.8) is 0 Å². The monoisotopic (exact) mass is 638 g/mol. The van der Waals surface area contributed by atoms with Gasteiger partial charge >= 0.3 is 12.1 Å². The molecule has 15 heteroatoms. The molecule has 3 aromatic carbocycles. The number of hydrogen-bond donors (Lipinski definition) is 4. The topological polar surface area (TPSA) is 169 Å². The van der Waals surface area contributed by atoms with E-state index in [4.69, 9.17) is 20.4 Å². The van der Waals surface area contributed by atoms with Crippen LogP contribution in [0.3, 0.4) is 0 Å². The summed E-state index contributed by atoms with van der Waals surface area (Å²) in [6.45, 7) is 0.0321. The van der Waals surface area contributed by atoms with E-state index in [0.29, 0.717) is 23.0 Å². The Kier molecular flexibility index (Phi) is 10.3. The zero-order valence-corrected chi connectivity index (χ0v) is 24.0. The molecule has 45 heavy (non-hydrogen) atoms. The van der Waals surface area contributed by atoms with Gasteiger partial charge in [0.1, 0.15) is 17.3 Å². The van der Waals surface area contributed by atoms with Gasteiger partial charge in [-0.1, -0.05) is 48.5 Å². The smallest absolute Gasteiger partial charge is 0.475 e. The van der Waals surface area contributed by atoms with Gasteiger partial charge in [0.15, 0.2) is 0 Å². The lowest BCUT2D eigenvalue weighted by atomic mass is 10.1. The molecule has 0 bridgehead atoms. The van der Waals surface area contributed by atoms with Gasteiger partial charge in [-0.3, -0.25) is 4.98 Å². The highest BCUT2D eigenvalue weighted by Crippen LogP contribution is 2.26. The Bertz CT molecular complexity index is 1840. The maximum atomic E-state index is 12.5. The maximum absolute atomic E-state index is 12.5. The number of aromatic nitrogens is 3. The largest absolute Gasteiger partial charge is 0.490 e. The number of sulfonamides is 1. The van der Waals surface area contributed by atoms with Crippen LogP contribution in [0.1, 0.15) is 5.69 Å². The van der Waals surface area contributed by atoms with Crippen molar-refractivity contribution in [3.8, 4) is 22.8 Å². The molecule has 0 saturated carbocycles. The first kappa shape index (κ1) is 32.4. The fraction of sp³-hybridized carbons (Fsp3) is 0.0667. The first-order chi connectivity index (χ1) is 21.4. The third kappa shape index (κ3) is 9.74. The zero-order valence-electron chi connectivity index (χ0n) is 23.1. The van der Waals surface area contributed by atoms with Crippen molar-refractivity contribution >= 4 is 33.4 Å². The number of aliphatic carboxylic acids is 1. The Morgan fingerprint density at radius 3 is 2.11 bits per heavy atom. The summed E-state index contributed by atoms with van der Waals surface area (Å²) in [4.78, 5) is 21.9. The molecule has 2 aromatic heterocycles. The molecule has 11 nitrogen and oxygen atoms in total. The van der Waals surface area contributed by atoms with Crippen LogP contribution in [-0.2, 0) is 21.4 Å². The van der Waals surface area contributed by atoms with Crippen LogP contribution < -0.4 is 20.5 Å². The average molecular weight is 639 g/mol. The number of nitrogens with one attached hydrogen (secondary N) is 2. The fourth-order valence-electron chi connectivity index (χ4n) is 3.65. The number of anilines is 3. The Balaban J connectivity index is 0.000000591. The van der Waals surface area contributed by atoms with E-state index in [0.717, 1.165) is 16.9 Å². The second-order valence-corrected chi connectivity index (χ2v) is 10.8. The van der Waals surface area contributed by atoms with Gasteiger partial charge in [0.05, 0.1) is 22.8 Å². The van der Waals surface area contributed by atoms with Crippen LogP contribution in [0.15, 0.2) is 114 Å². The number of halogens is 3. The van der Waals surface area contributed by atoms with E-state index in [-0.39, 0.29) is 17.4 Å². The van der Waals surface area contributed by atoms with Crippen molar-refractivity contribution in [2.45, 2.75) is 17.6 Å². The summed E-state index contributed by atoms with van der Waals surface area (Å²) in [5, 5.41) is 10.4. The second kappa shape index (κ2) is 14.3. The van der Waals surface area contributed by atoms with Gasteiger partial charge < -0.3 is 20.9 Å². The Morgan fingerprint density at radius 1 is 0.867 bits per heavy atom. The van der Waals surface area contributed by atoms with Crippen molar-refractivity contribution in [2.24, 2.45) is 0 Å². The number of alkyl halides is 3. The fourth-order valence-corrected chi connectivity index (χ4v) is 4.67. The third-order valence-electron chi connectivity index (χ3n) is 5.70. The lowest BCUT2D eigenvalue weighted by Gasteiger charge is -2.11. The number of carboxylic acid groups (broad SMARTS) is 1. The minimum Gasteiger partial charge on any atom is -0.475 e. The van der Waals surface area contributed by atoms with E-state index < -0.39 is 22.2 Å². The summed E-state index contributed by atoms with van der Waals surface area (Å²) in [5.41, 5.74) is 8.90. The Morgan fingerprint density at radius 2 is 1.49 bits per heavy atom. The van der Waals surface area contributed by atoms with Crippen molar-refractivity contribution in [1.29, 1.82) is 0 Å². The van der Waals surface area contributed by atoms with Crippen LogP contribution in [-0.4, -0.2) is 40.6 Å². The number of carboxylic acids is 1. The molecule has 0 atom stereocenters. The molecule has 232 valence electrons. The van der Waals surface area contributed by atoms with Crippen molar-refractivity contribution in [3.05, 3.63) is 115 Å². The van der Waals surface area contributed by atoms with Crippen LogP contribution in [0.2, 0.25) is 0 Å². The number of ether oxygens (including phenoxy) is 1. The van der Waals surface area contributed by atoms with E-state index >= 15 is 0 Å². The second-order valence-electron chi connectivity index (χ2n) is 9.04. The molecular formula is C30H25F3N6O5S. The molecule has 0 spiro atoms. The van der Waals surface area contributed by atoms with Crippen LogP contribution >= 0.6 is 0 Å². The van der Waals surface area contributed by atoms with Crippen LogP contribution in [0.5, 0.6) is 11.5 Å². The van der Waals surface area contributed by atoms with E-state index in [1.165, 1.54) is 12.1 Å². The summed E-state index contributed by atoms with van der Waals surface area (Å²) in [6, 6.07) is 30.5. The lowest BCUT2D eigenvalue weighted by molar-refractivity contribution is -0.192. The molecule has 0 unspecified atom stereocenters. The molecular weight excluding hydrogens is 613 g/mol. The molecule has 0 aliphatic rings. The molecule has 0 radical (unpaired) electrons. The lowest BCUT2D eigenvalue weighted by Crippen LogP contribution is -2.23. The van der Waals surface area contributed by atoms with E-state index in [1.807, 2.05) is 60.7 Å². The number of nitrogen functional groups attached to an aromatic ring is 1. The first-order valence-electron chi connectivity index (χ1n) is 12.9. The van der Waals surface area contributed by atoms with Crippen molar-refractivity contribution < 1.29 is 36.2 Å². The molecule has 5 aromatic rings. The molecule has 0 aliphatic heterocycles. The highest BCUT2D eigenvalue weighted by Gasteiger charge is 2.38. The number of nitrogens with zero attached hydrogens (tertiary/aromatic N) is 3. The SMILES string of the molecule is Nc1nc(Nc2ccc(Oc3ccnc(CNS(=O)(=O)c4ccccc4)c3)cc2)cc(-c2ccccc2)n1.O=C(O)C(F)(F)F. The van der Waals surface area contributed by atoms with Crippen molar-refractivity contribution in [2.75, 3.05) is 11.1 Å². The van der Waals surface area contributed by atoms with Gasteiger partial charge in [0.2, 0.25) is 16.0 Å². The van der Waals surface area contributed by atoms with E-state index in [1.54, 1.807) is 36.5 Å². The van der Waals surface area contributed by atoms with Gasteiger partial charge in [0, 0.05) is 29.6 Å². The molecule has 5 N–H and O–H groups in total. The summed E-state index contributed by atoms with van der Waals surface area (Å²) >= 11 is 0. The Labute approximate surface area is 255 Å². The predicted molar refractivity (Wildman–Crippen MR) is 160 cm³/mol. The molecule has 0 aliphatic carbocycles. The number of hydrogen-bond acceptors (Lipinski definition) is 9. The maximum Gasteiger partial charge on any atom is 0.490 e. The highest BCUT2D eigenvalue weighted by atomic mass is 32.2. The normalized spacial score (nSPS) is 11.2. The summed E-state index contributed by atoms with van der Waals surface area (Å²) in [7, 11) is -3.64.